The number of rotatable bonds is 4. The van der Waals surface area contributed by atoms with Gasteiger partial charge in [-0.3, -0.25) is 9.59 Å². The van der Waals surface area contributed by atoms with Crippen molar-refractivity contribution in [1.29, 1.82) is 0 Å². The van der Waals surface area contributed by atoms with Crippen molar-refractivity contribution in [2.45, 2.75) is 44.0 Å². The Morgan fingerprint density at radius 1 is 1.07 bits per heavy atom. The van der Waals surface area contributed by atoms with Crippen molar-refractivity contribution in [1.82, 2.24) is 9.21 Å². The fourth-order valence-electron chi connectivity index (χ4n) is 3.97. The molecule has 7 nitrogen and oxygen atoms in total. The molecule has 1 N–H and O–H groups in total. The van der Waals surface area contributed by atoms with E-state index in [9.17, 15) is 23.1 Å². The number of piperidine rings is 1. The lowest BCUT2D eigenvalue weighted by Crippen LogP contribution is -2.41. The van der Waals surface area contributed by atoms with Gasteiger partial charge in [0.1, 0.15) is 0 Å². The van der Waals surface area contributed by atoms with Gasteiger partial charge < -0.3 is 10.0 Å². The third kappa shape index (κ3) is 3.87. The molecule has 1 amide bonds. The maximum Gasteiger partial charge on any atom is 0.308 e. The number of likely N-dealkylation sites (tertiary alicyclic amines) is 1. The van der Waals surface area contributed by atoms with Gasteiger partial charge in [0, 0.05) is 31.2 Å². The van der Waals surface area contributed by atoms with Gasteiger partial charge in [-0.05, 0) is 49.9 Å². The average molecular weight is 394 g/mol. The molecule has 2 fully saturated rings. The van der Waals surface area contributed by atoms with E-state index in [1.54, 1.807) is 0 Å². The lowest BCUT2D eigenvalue weighted by molar-refractivity contribution is -0.142. The van der Waals surface area contributed by atoms with Crippen LogP contribution in [-0.4, -0.2) is 60.3 Å². The summed E-state index contributed by atoms with van der Waals surface area (Å²) in [6.07, 6.45) is 2.75. The Balaban J connectivity index is 1.75. The maximum atomic E-state index is 12.9. The Kier molecular flexibility index (Phi) is 5.58. The molecule has 0 aromatic heterocycles. The van der Waals surface area contributed by atoms with Crippen LogP contribution < -0.4 is 0 Å². The van der Waals surface area contributed by atoms with E-state index in [4.69, 9.17) is 0 Å². The number of carbonyl (C=O) groups excluding carboxylic acids is 1. The van der Waals surface area contributed by atoms with Crippen molar-refractivity contribution in [3.05, 3.63) is 29.8 Å². The van der Waals surface area contributed by atoms with Gasteiger partial charge in [0.05, 0.1) is 10.8 Å². The number of sulfonamides is 1. The first-order valence-electron chi connectivity index (χ1n) is 9.36. The minimum atomic E-state index is -3.57. The van der Waals surface area contributed by atoms with Crippen LogP contribution in [0.3, 0.4) is 0 Å². The number of aliphatic carboxylic acids is 1. The fourth-order valence-corrected chi connectivity index (χ4v) is 5.67. The molecule has 0 radical (unpaired) electrons. The summed E-state index contributed by atoms with van der Waals surface area (Å²) in [5.74, 6) is -1.82. The van der Waals surface area contributed by atoms with Gasteiger partial charge in [0.15, 0.2) is 0 Å². The number of hydrogen-bond donors (Lipinski definition) is 1. The van der Waals surface area contributed by atoms with Crippen LogP contribution in [0.1, 0.15) is 43.5 Å². The van der Waals surface area contributed by atoms with E-state index in [1.807, 2.05) is 13.8 Å². The zero-order chi connectivity index (χ0) is 19.8. The summed E-state index contributed by atoms with van der Waals surface area (Å²) < 4.78 is 27.3. The van der Waals surface area contributed by atoms with Gasteiger partial charge in [-0.25, -0.2) is 8.42 Å². The monoisotopic (exact) mass is 394 g/mol. The van der Waals surface area contributed by atoms with E-state index in [2.05, 4.69) is 0 Å². The number of amides is 1. The predicted octanol–water partition coefficient (Wildman–Crippen LogP) is 2.04. The van der Waals surface area contributed by atoms with Crippen molar-refractivity contribution >= 4 is 21.9 Å². The molecule has 0 aliphatic carbocycles. The Labute approximate surface area is 160 Å². The summed E-state index contributed by atoms with van der Waals surface area (Å²) in [6.45, 7) is 4.83. The van der Waals surface area contributed by atoms with E-state index in [0.29, 0.717) is 18.7 Å². The van der Waals surface area contributed by atoms with Gasteiger partial charge in [-0.2, -0.15) is 4.31 Å². The van der Waals surface area contributed by atoms with Crippen molar-refractivity contribution in [3.63, 3.8) is 0 Å². The van der Waals surface area contributed by atoms with Crippen LogP contribution in [0.15, 0.2) is 29.2 Å². The van der Waals surface area contributed by atoms with Crippen LogP contribution in [-0.2, 0) is 14.8 Å². The predicted molar refractivity (Wildman–Crippen MR) is 99.8 cm³/mol. The zero-order valence-electron chi connectivity index (χ0n) is 15.7. The minimum absolute atomic E-state index is 0.0240. The van der Waals surface area contributed by atoms with Crippen LogP contribution in [0.5, 0.6) is 0 Å². The Morgan fingerprint density at radius 2 is 1.74 bits per heavy atom. The van der Waals surface area contributed by atoms with Gasteiger partial charge >= 0.3 is 5.97 Å². The first-order valence-corrected chi connectivity index (χ1v) is 10.8. The molecule has 2 heterocycles. The standard InChI is InChI=1S/C19H26N2O5S/c1-13-11-20(12-17(13)19(23)24)18(22)15-6-8-16(9-7-15)27(25,26)21-10-4-3-5-14(21)2/h6-9,13-14,17H,3-5,10-12H2,1-2H3,(H,23,24)/t13-,14?,17-/m1/s1. The molecule has 0 spiro atoms. The molecule has 27 heavy (non-hydrogen) atoms. The summed E-state index contributed by atoms with van der Waals surface area (Å²) in [5, 5.41) is 9.22. The molecule has 0 bridgehead atoms. The molecule has 2 saturated heterocycles. The number of carboxylic acid groups (broad SMARTS) is 1. The van der Waals surface area contributed by atoms with Crippen molar-refractivity contribution in [2.24, 2.45) is 11.8 Å². The van der Waals surface area contributed by atoms with Crippen LogP contribution in [0.25, 0.3) is 0 Å². The SMILES string of the molecule is CC1CCCCN1S(=O)(=O)c1ccc(C(=O)N2C[C@@H](C)[C@H](C(=O)O)C2)cc1. The highest BCUT2D eigenvalue weighted by atomic mass is 32.2. The second-order valence-electron chi connectivity index (χ2n) is 7.62. The van der Waals surface area contributed by atoms with E-state index >= 15 is 0 Å². The molecule has 0 saturated carbocycles. The first-order chi connectivity index (χ1) is 12.7. The highest BCUT2D eigenvalue weighted by molar-refractivity contribution is 7.89. The van der Waals surface area contributed by atoms with Crippen molar-refractivity contribution in [2.75, 3.05) is 19.6 Å². The summed E-state index contributed by atoms with van der Waals surface area (Å²) in [5.41, 5.74) is 0.374. The maximum absolute atomic E-state index is 12.9. The molecular weight excluding hydrogens is 368 g/mol. The molecular formula is C19H26N2O5S. The Hall–Kier alpha value is -1.93. The lowest BCUT2D eigenvalue weighted by atomic mass is 9.99. The second kappa shape index (κ2) is 7.59. The molecule has 1 aromatic rings. The quantitative estimate of drug-likeness (QED) is 0.843. The molecule has 2 aliphatic heterocycles. The number of benzene rings is 1. The molecule has 1 unspecified atom stereocenters. The smallest absolute Gasteiger partial charge is 0.308 e. The summed E-state index contributed by atoms with van der Waals surface area (Å²) >= 11 is 0. The van der Waals surface area contributed by atoms with Gasteiger partial charge in [0.2, 0.25) is 10.0 Å². The summed E-state index contributed by atoms with van der Waals surface area (Å²) in [7, 11) is -3.57. The third-order valence-electron chi connectivity index (χ3n) is 5.67. The van der Waals surface area contributed by atoms with E-state index in [0.717, 1.165) is 19.3 Å². The molecule has 3 rings (SSSR count). The summed E-state index contributed by atoms with van der Waals surface area (Å²) in [4.78, 5) is 25.6. The third-order valence-corrected chi connectivity index (χ3v) is 7.69. The number of nitrogens with zero attached hydrogens (tertiary/aromatic N) is 2. The van der Waals surface area contributed by atoms with Crippen LogP contribution in [0, 0.1) is 11.8 Å². The number of carboxylic acids is 1. The normalized spacial score (nSPS) is 26.9. The molecule has 2 aliphatic rings. The highest BCUT2D eigenvalue weighted by Crippen LogP contribution is 2.27. The highest BCUT2D eigenvalue weighted by Gasteiger charge is 2.37. The summed E-state index contributed by atoms with van der Waals surface area (Å²) in [6, 6.07) is 5.95. The van der Waals surface area contributed by atoms with Crippen molar-refractivity contribution in [3.8, 4) is 0 Å². The Morgan fingerprint density at radius 3 is 2.30 bits per heavy atom. The fraction of sp³-hybridized carbons (Fsp3) is 0.579. The molecule has 148 valence electrons. The molecule has 1 aromatic carbocycles. The van der Waals surface area contributed by atoms with E-state index in [-0.39, 0.29) is 29.3 Å². The lowest BCUT2D eigenvalue weighted by Gasteiger charge is -2.32. The van der Waals surface area contributed by atoms with Crippen LogP contribution >= 0.6 is 0 Å². The largest absolute Gasteiger partial charge is 0.481 e. The minimum Gasteiger partial charge on any atom is -0.481 e. The first kappa shape index (κ1) is 19.8. The van der Waals surface area contributed by atoms with Gasteiger partial charge in [-0.15, -0.1) is 0 Å². The number of carbonyl (C=O) groups is 2. The Bertz CT molecular complexity index is 821. The van der Waals surface area contributed by atoms with E-state index in [1.165, 1.54) is 33.5 Å². The topological polar surface area (TPSA) is 95.0 Å². The average Bonchev–Trinajstić information content (AvgIpc) is 3.03. The van der Waals surface area contributed by atoms with Crippen LogP contribution in [0.4, 0.5) is 0 Å². The number of hydrogen-bond acceptors (Lipinski definition) is 4. The van der Waals surface area contributed by atoms with E-state index < -0.39 is 21.9 Å². The zero-order valence-corrected chi connectivity index (χ0v) is 16.5. The van der Waals surface area contributed by atoms with Crippen LogP contribution in [0.2, 0.25) is 0 Å². The molecule has 8 heteroatoms. The molecule has 3 atom stereocenters. The van der Waals surface area contributed by atoms with Gasteiger partial charge in [-0.1, -0.05) is 13.3 Å². The van der Waals surface area contributed by atoms with Gasteiger partial charge in [0.25, 0.3) is 5.91 Å². The van der Waals surface area contributed by atoms with Crippen molar-refractivity contribution < 1.29 is 23.1 Å². The second-order valence-corrected chi connectivity index (χ2v) is 9.51.